The summed E-state index contributed by atoms with van der Waals surface area (Å²) < 4.78 is 24.4. The average molecular weight is 269 g/mol. The summed E-state index contributed by atoms with van der Waals surface area (Å²) in [5, 5.41) is -0.354. The van der Waals surface area contributed by atoms with Gasteiger partial charge in [-0.05, 0) is 30.9 Å². The molecular formula is C14H23NO2S. The van der Waals surface area contributed by atoms with Crippen LogP contribution in [-0.2, 0) is 9.84 Å². The van der Waals surface area contributed by atoms with Gasteiger partial charge in [0.25, 0.3) is 0 Å². The van der Waals surface area contributed by atoms with Crippen LogP contribution in [0, 0.1) is 12.8 Å². The first kappa shape index (κ1) is 15.2. The van der Waals surface area contributed by atoms with E-state index in [0.29, 0.717) is 0 Å². The van der Waals surface area contributed by atoms with Crippen LogP contribution in [0.3, 0.4) is 0 Å². The molecule has 4 heteroatoms. The molecule has 2 atom stereocenters. The number of nitrogens with two attached hydrogens (primary N) is 1. The van der Waals surface area contributed by atoms with Crippen LogP contribution >= 0.6 is 0 Å². The Bertz CT molecular complexity index is 494. The van der Waals surface area contributed by atoms with Gasteiger partial charge in [0.15, 0.2) is 9.84 Å². The van der Waals surface area contributed by atoms with Crippen LogP contribution in [0.25, 0.3) is 0 Å². The third-order valence-electron chi connectivity index (χ3n) is 3.51. The summed E-state index contributed by atoms with van der Waals surface area (Å²) in [6, 6.07) is 7.22. The Kier molecular flexibility index (Phi) is 4.93. The van der Waals surface area contributed by atoms with Crippen molar-refractivity contribution in [2.45, 2.75) is 39.0 Å². The Morgan fingerprint density at radius 1 is 1.17 bits per heavy atom. The molecule has 2 N–H and O–H groups in total. The molecule has 102 valence electrons. The van der Waals surface area contributed by atoms with E-state index in [1.807, 2.05) is 45.0 Å². The fourth-order valence-electron chi connectivity index (χ4n) is 1.91. The number of hydrogen-bond acceptors (Lipinski definition) is 3. The Morgan fingerprint density at radius 3 is 2.22 bits per heavy atom. The van der Waals surface area contributed by atoms with Crippen molar-refractivity contribution in [1.29, 1.82) is 0 Å². The number of aryl methyl sites for hydroxylation is 1. The second-order valence-electron chi connectivity index (χ2n) is 5.24. The van der Waals surface area contributed by atoms with Gasteiger partial charge in [-0.2, -0.15) is 0 Å². The molecule has 0 radical (unpaired) electrons. The summed E-state index contributed by atoms with van der Waals surface area (Å²) in [5.74, 6) is 0.121. The minimum absolute atomic E-state index is 0.0111. The van der Waals surface area contributed by atoms with Gasteiger partial charge in [-0.3, -0.25) is 0 Å². The first-order valence-corrected chi connectivity index (χ1v) is 8.00. The lowest BCUT2D eigenvalue weighted by Gasteiger charge is -2.20. The zero-order chi connectivity index (χ0) is 13.9. The number of benzene rings is 1. The van der Waals surface area contributed by atoms with Crippen molar-refractivity contribution in [1.82, 2.24) is 0 Å². The lowest BCUT2D eigenvalue weighted by Crippen LogP contribution is -2.31. The molecule has 0 amide bonds. The van der Waals surface area contributed by atoms with Crippen LogP contribution in [-0.4, -0.2) is 19.4 Å². The fraction of sp³-hybridized carbons (Fsp3) is 0.571. The van der Waals surface area contributed by atoms with Crippen molar-refractivity contribution >= 4 is 9.84 Å². The molecule has 0 saturated carbocycles. The highest BCUT2D eigenvalue weighted by molar-refractivity contribution is 7.92. The van der Waals surface area contributed by atoms with Crippen LogP contribution in [0.2, 0.25) is 0 Å². The second kappa shape index (κ2) is 5.85. The third kappa shape index (κ3) is 3.56. The molecule has 1 aromatic carbocycles. The highest BCUT2D eigenvalue weighted by Crippen LogP contribution is 2.21. The maximum atomic E-state index is 12.2. The molecule has 0 heterocycles. The molecule has 0 spiro atoms. The SMILES string of the molecule is Cc1ccccc1C(N)CS(=O)(=O)C(C)C(C)C. The molecule has 1 aromatic rings. The molecule has 0 aliphatic heterocycles. The van der Waals surface area contributed by atoms with E-state index in [1.54, 1.807) is 6.92 Å². The average Bonchev–Trinajstić information content (AvgIpc) is 2.27. The van der Waals surface area contributed by atoms with Crippen molar-refractivity contribution in [2.75, 3.05) is 5.75 Å². The quantitative estimate of drug-likeness (QED) is 0.893. The second-order valence-corrected chi connectivity index (χ2v) is 7.64. The predicted octanol–water partition coefficient (Wildman–Crippen LogP) is 2.45. The molecule has 0 aliphatic carbocycles. The van der Waals surface area contributed by atoms with Crippen molar-refractivity contribution in [2.24, 2.45) is 11.7 Å². The largest absolute Gasteiger partial charge is 0.323 e. The van der Waals surface area contributed by atoms with Crippen LogP contribution in [0.15, 0.2) is 24.3 Å². The Balaban J connectivity index is 2.89. The molecule has 0 fully saturated rings. The molecule has 0 saturated heterocycles. The molecule has 1 rings (SSSR count). The van der Waals surface area contributed by atoms with Crippen LogP contribution in [0.1, 0.15) is 37.9 Å². The van der Waals surface area contributed by atoms with Gasteiger partial charge in [0.2, 0.25) is 0 Å². The van der Waals surface area contributed by atoms with E-state index in [1.165, 1.54) is 0 Å². The van der Waals surface area contributed by atoms with Gasteiger partial charge in [0, 0.05) is 6.04 Å². The zero-order valence-corrected chi connectivity index (χ0v) is 12.4. The first-order chi connectivity index (χ1) is 8.25. The van der Waals surface area contributed by atoms with Gasteiger partial charge < -0.3 is 5.73 Å². The van der Waals surface area contributed by atoms with Gasteiger partial charge >= 0.3 is 0 Å². The Labute approximate surface area is 110 Å². The van der Waals surface area contributed by atoms with Gasteiger partial charge in [-0.1, -0.05) is 38.1 Å². The minimum Gasteiger partial charge on any atom is -0.323 e. The van der Waals surface area contributed by atoms with Gasteiger partial charge in [0.05, 0.1) is 11.0 Å². The monoisotopic (exact) mass is 269 g/mol. The highest BCUT2D eigenvalue weighted by Gasteiger charge is 2.27. The van der Waals surface area contributed by atoms with Crippen molar-refractivity contribution in [3.05, 3.63) is 35.4 Å². The summed E-state index contributed by atoms with van der Waals surface area (Å²) in [6.07, 6.45) is 0. The highest BCUT2D eigenvalue weighted by atomic mass is 32.2. The number of sulfone groups is 1. The number of hydrogen-bond donors (Lipinski definition) is 1. The zero-order valence-electron chi connectivity index (χ0n) is 11.6. The maximum absolute atomic E-state index is 12.2. The van der Waals surface area contributed by atoms with E-state index in [0.717, 1.165) is 11.1 Å². The van der Waals surface area contributed by atoms with E-state index < -0.39 is 15.9 Å². The predicted molar refractivity (Wildman–Crippen MR) is 76.2 cm³/mol. The summed E-state index contributed by atoms with van der Waals surface area (Å²) in [4.78, 5) is 0. The van der Waals surface area contributed by atoms with Crippen molar-refractivity contribution in [3.8, 4) is 0 Å². The lowest BCUT2D eigenvalue weighted by molar-refractivity contribution is 0.540. The standard InChI is InChI=1S/C14H23NO2S/c1-10(2)12(4)18(16,17)9-14(15)13-8-6-5-7-11(13)3/h5-8,10,12,14H,9,15H2,1-4H3. The van der Waals surface area contributed by atoms with Crippen molar-refractivity contribution in [3.63, 3.8) is 0 Å². The van der Waals surface area contributed by atoms with E-state index in [-0.39, 0.29) is 16.9 Å². The van der Waals surface area contributed by atoms with E-state index in [9.17, 15) is 8.42 Å². The molecule has 0 bridgehead atoms. The summed E-state index contributed by atoms with van der Waals surface area (Å²) in [5.41, 5.74) is 7.99. The molecule has 3 nitrogen and oxygen atoms in total. The summed E-state index contributed by atoms with van der Waals surface area (Å²) in [7, 11) is -3.15. The summed E-state index contributed by atoms with van der Waals surface area (Å²) in [6.45, 7) is 7.54. The van der Waals surface area contributed by atoms with Crippen LogP contribution in [0.5, 0.6) is 0 Å². The molecule has 0 aliphatic rings. The summed E-state index contributed by atoms with van der Waals surface area (Å²) >= 11 is 0. The Hall–Kier alpha value is -0.870. The molecule has 18 heavy (non-hydrogen) atoms. The van der Waals surface area contributed by atoms with E-state index >= 15 is 0 Å². The minimum atomic E-state index is -3.15. The first-order valence-electron chi connectivity index (χ1n) is 6.28. The lowest BCUT2D eigenvalue weighted by atomic mass is 10.0. The van der Waals surface area contributed by atoms with Crippen molar-refractivity contribution < 1.29 is 8.42 Å². The topological polar surface area (TPSA) is 60.2 Å². The number of rotatable bonds is 5. The smallest absolute Gasteiger partial charge is 0.155 e. The van der Waals surface area contributed by atoms with Gasteiger partial charge in [-0.15, -0.1) is 0 Å². The molecular weight excluding hydrogens is 246 g/mol. The fourth-order valence-corrected chi connectivity index (χ4v) is 3.72. The van der Waals surface area contributed by atoms with E-state index in [4.69, 9.17) is 5.73 Å². The van der Waals surface area contributed by atoms with Crippen LogP contribution in [0.4, 0.5) is 0 Å². The van der Waals surface area contributed by atoms with Gasteiger partial charge in [0.1, 0.15) is 0 Å². The van der Waals surface area contributed by atoms with Gasteiger partial charge in [-0.25, -0.2) is 8.42 Å². The maximum Gasteiger partial charge on any atom is 0.155 e. The van der Waals surface area contributed by atoms with Crippen LogP contribution < -0.4 is 5.73 Å². The Morgan fingerprint density at radius 2 is 1.72 bits per heavy atom. The third-order valence-corrected chi connectivity index (χ3v) is 6.01. The van der Waals surface area contributed by atoms with E-state index in [2.05, 4.69) is 0 Å². The normalized spacial score (nSPS) is 15.7. The molecule has 0 aromatic heterocycles. The molecule has 2 unspecified atom stereocenters.